The molecule has 1 saturated heterocycles. The van der Waals surface area contributed by atoms with E-state index in [1.165, 1.54) is 12.1 Å². The molecule has 1 atom stereocenters. The standard InChI is InChI=1S/C19H23N3O3S/c20-17-9-5-11-22(14-17)19(23)16-8-4-10-18(12-16)26(24,25)21-13-15-6-2-1-3-7-15/h1-4,6-8,10,12,17,21H,5,9,11,13-14,20H2. The molecule has 3 rings (SSSR count). The number of benzene rings is 2. The Kier molecular flexibility index (Phi) is 5.70. The number of piperidine rings is 1. The number of nitrogens with zero attached hydrogens (tertiary/aromatic N) is 1. The number of amides is 1. The van der Waals surface area contributed by atoms with Crippen molar-refractivity contribution in [3.8, 4) is 0 Å². The molecule has 0 spiro atoms. The SMILES string of the molecule is NC1CCCN(C(=O)c2cccc(S(=O)(=O)NCc3ccccc3)c2)C1. The number of hydrogen-bond acceptors (Lipinski definition) is 4. The summed E-state index contributed by atoms with van der Waals surface area (Å²) in [5.41, 5.74) is 7.16. The number of likely N-dealkylation sites (tertiary alicyclic amines) is 1. The second-order valence-corrected chi connectivity index (χ2v) is 8.26. The fourth-order valence-electron chi connectivity index (χ4n) is 3.03. The summed E-state index contributed by atoms with van der Waals surface area (Å²) in [5, 5.41) is 0. The quantitative estimate of drug-likeness (QED) is 0.835. The molecule has 1 heterocycles. The lowest BCUT2D eigenvalue weighted by Crippen LogP contribution is -2.45. The highest BCUT2D eigenvalue weighted by Gasteiger charge is 2.23. The van der Waals surface area contributed by atoms with Gasteiger partial charge in [0.1, 0.15) is 0 Å². The monoisotopic (exact) mass is 373 g/mol. The number of nitrogens with two attached hydrogens (primary N) is 1. The second kappa shape index (κ2) is 7.99. The van der Waals surface area contributed by atoms with Crippen LogP contribution < -0.4 is 10.5 Å². The molecule has 1 aliphatic heterocycles. The van der Waals surface area contributed by atoms with E-state index in [2.05, 4.69) is 4.72 Å². The summed E-state index contributed by atoms with van der Waals surface area (Å²) in [7, 11) is -3.70. The van der Waals surface area contributed by atoms with Gasteiger partial charge < -0.3 is 10.6 Å². The highest BCUT2D eigenvalue weighted by molar-refractivity contribution is 7.89. The summed E-state index contributed by atoms with van der Waals surface area (Å²) in [5.74, 6) is -0.180. The lowest BCUT2D eigenvalue weighted by atomic mass is 10.1. The van der Waals surface area contributed by atoms with Gasteiger partial charge in [-0.1, -0.05) is 36.4 Å². The number of carbonyl (C=O) groups excluding carboxylic acids is 1. The number of hydrogen-bond donors (Lipinski definition) is 2. The normalized spacial score (nSPS) is 17.9. The van der Waals surface area contributed by atoms with Crippen LogP contribution in [0, 0.1) is 0 Å². The van der Waals surface area contributed by atoms with Gasteiger partial charge >= 0.3 is 0 Å². The van der Waals surface area contributed by atoms with Crippen molar-refractivity contribution in [3.63, 3.8) is 0 Å². The van der Waals surface area contributed by atoms with Crippen LogP contribution in [-0.4, -0.2) is 38.4 Å². The number of carbonyl (C=O) groups is 1. The van der Waals surface area contributed by atoms with E-state index in [0.717, 1.165) is 18.4 Å². The Morgan fingerprint density at radius 2 is 1.92 bits per heavy atom. The van der Waals surface area contributed by atoms with E-state index in [1.807, 2.05) is 30.3 Å². The van der Waals surface area contributed by atoms with Crippen LogP contribution in [0.5, 0.6) is 0 Å². The summed E-state index contributed by atoms with van der Waals surface area (Å²) in [6.07, 6.45) is 1.77. The minimum Gasteiger partial charge on any atom is -0.337 e. The van der Waals surface area contributed by atoms with Crippen LogP contribution in [0.25, 0.3) is 0 Å². The zero-order valence-electron chi connectivity index (χ0n) is 14.5. The molecule has 2 aromatic rings. The molecule has 0 aliphatic carbocycles. The predicted molar refractivity (Wildman–Crippen MR) is 100 cm³/mol. The fourth-order valence-corrected chi connectivity index (χ4v) is 4.09. The molecular weight excluding hydrogens is 350 g/mol. The Balaban J connectivity index is 1.74. The smallest absolute Gasteiger partial charge is 0.253 e. The third-order valence-corrected chi connectivity index (χ3v) is 5.84. The van der Waals surface area contributed by atoms with Crippen molar-refractivity contribution in [1.82, 2.24) is 9.62 Å². The summed E-state index contributed by atoms with van der Waals surface area (Å²) >= 11 is 0. The van der Waals surface area contributed by atoms with E-state index in [9.17, 15) is 13.2 Å². The Labute approximate surface area is 154 Å². The van der Waals surface area contributed by atoms with Gasteiger partial charge in [0.15, 0.2) is 0 Å². The average Bonchev–Trinajstić information content (AvgIpc) is 2.67. The minimum atomic E-state index is -3.70. The van der Waals surface area contributed by atoms with E-state index in [1.54, 1.807) is 17.0 Å². The van der Waals surface area contributed by atoms with Crippen LogP contribution in [-0.2, 0) is 16.6 Å². The first-order chi connectivity index (χ1) is 12.5. The molecule has 6 nitrogen and oxygen atoms in total. The molecule has 1 amide bonds. The summed E-state index contributed by atoms with van der Waals surface area (Å²) in [6.45, 7) is 1.35. The number of nitrogens with one attached hydrogen (secondary N) is 1. The molecule has 26 heavy (non-hydrogen) atoms. The molecule has 7 heteroatoms. The van der Waals surface area contributed by atoms with Gasteiger partial charge in [-0.05, 0) is 36.6 Å². The molecule has 0 bridgehead atoms. The topological polar surface area (TPSA) is 92.5 Å². The largest absolute Gasteiger partial charge is 0.337 e. The van der Waals surface area contributed by atoms with Gasteiger partial charge in [-0.2, -0.15) is 0 Å². The first kappa shape index (κ1) is 18.6. The summed E-state index contributed by atoms with van der Waals surface area (Å²) in [6, 6.07) is 15.4. The van der Waals surface area contributed by atoms with Gasteiger partial charge in [0, 0.05) is 31.2 Å². The third kappa shape index (κ3) is 4.49. The van der Waals surface area contributed by atoms with Gasteiger partial charge in [-0.15, -0.1) is 0 Å². The summed E-state index contributed by atoms with van der Waals surface area (Å²) < 4.78 is 27.7. The maximum Gasteiger partial charge on any atom is 0.253 e. The first-order valence-corrected chi connectivity index (χ1v) is 10.1. The van der Waals surface area contributed by atoms with Gasteiger partial charge in [-0.3, -0.25) is 4.79 Å². The molecular formula is C19H23N3O3S. The van der Waals surface area contributed by atoms with Gasteiger partial charge in [0.05, 0.1) is 4.90 Å². The van der Waals surface area contributed by atoms with Crippen molar-refractivity contribution in [3.05, 3.63) is 65.7 Å². The lowest BCUT2D eigenvalue weighted by molar-refractivity contribution is 0.0708. The van der Waals surface area contributed by atoms with Crippen LogP contribution in [0.4, 0.5) is 0 Å². The zero-order valence-corrected chi connectivity index (χ0v) is 15.3. The fraction of sp³-hybridized carbons (Fsp3) is 0.316. The van der Waals surface area contributed by atoms with E-state index < -0.39 is 10.0 Å². The zero-order chi connectivity index (χ0) is 18.6. The number of sulfonamides is 1. The average molecular weight is 373 g/mol. The van der Waals surface area contributed by atoms with Crippen LogP contribution in [0.3, 0.4) is 0 Å². The predicted octanol–water partition coefficient (Wildman–Crippen LogP) is 1.73. The maximum atomic E-state index is 12.7. The third-order valence-electron chi connectivity index (χ3n) is 4.45. The molecule has 1 unspecified atom stereocenters. The Morgan fingerprint density at radius 1 is 1.15 bits per heavy atom. The van der Waals surface area contributed by atoms with Crippen molar-refractivity contribution in [2.24, 2.45) is 5.73 Å². The molecule has 1 fully saturated rings. The molecule has 0 aromatic heterocycles. The number of rotatable bonds is 5. The highest BCUT2D eigenvalue weighted by Crippen LogP contribution is 2.16. The Hall–Kier alpha value is -2.22. The van der Waals surface area contributed by atoms with E-state index >= 15 is 0 Å². The van der Waals surface area contributed by atoms with Crippen LogP contribution >= 0.6 is 0 Å². The van der Waals surface area contributed by atoms with E-state index in [0.29, 0.717) is 18.7 Å². The minimum absolute atomic E-state index is 0.0212. The molecule has 0 saturated carbocycles. The van der Waals surface area contributed by atoms with Crippen molar-refractivity contribution in [1.29, 1.82) is 0 Å². The van der Waals surface area contributed by atoms with E-state index in [-0.39, 0.29) is 23.4 Å². The van der Waals surface area contributed by atoms with Crippen LogP contribution in [0.2, 0.25) is 0 Å². The first-order valence-electron chi connectivity index (χ1n) is 8.64. The van der Waals surface area contributed by atoms with E-state index in [4.69, 9.17) is 5.73 Å². The van der Waals surface area contributed by atoms with Crippen molar-refractivity contribution in [2.45, 2.75) is 30.3 Å². The molecule has 1 aliphatic rings. The van der Waals surface area contributed by atoms with Crippen molar-refractivity contribution in [2.75, 3.05) is 13.1 Å². The van der Waals surface area contributed by atoms with Crippen molar-refractivity contribution < 1.29 is 13.2 Å². The maximum absolute atomic E-state index is 12.7. The Morgan fingerprint density at radius 3 is 2.65 bits per heavy atom. The lowest BCUT2D eigenvalue weighted by Gasteiger charge is -2.30. The second-order valence-electron chi connectivity index (χ2n) is 6.49. The molecule has 138 valence electrons. The highest BCUT2D eigenvalue weighted by atomic mass is 32.2. The van der Waals surface area contributed by atoms with Gasteiger partial charge in [0.25, 0.3) is 5.91 Å². The summed E-state index contributed by atoms with van der Waals surface area (Å²) in [4.78, 5) is 14.4. The van der Waals surface area contributed by atoms with Gasteiger partial charge in [0.2, 0.25) is 10.0 Å². The van der Waals surface area contributed by atoms with Crippen LogP contribution in [0.1, 0.15) is 28.8 Å². The molecule has 0 radical (unpaired) electrons. The van der Waals surface area contributed by atoms with Crippen LogP contribution in [0.15, 0.2) is 59.5 Å². The Bertz CT molecular complexity index is 869. The van der Waals surface area contributed by atoms with Gasteiger partial charge in [-0.25, -0.2) is 13.1 Å². The molecule has 2 aromatic carbocycles. The molecule has 3 N–H and O–H groups in total. The van der Waals surface area contributed by atoms with Crippen molar-refractivity contribution >= 4 is 15.9 Å².